The molecule has 10 heteroatoms. The highest BCUT2D eigenvalue weighted by atomic mass is 19.1. The fourth-order valence-corrected chi connectivity index (χ4v) is 4.47. The summed E-state index contributed by atoms with van der Waals surface area (Å²) < 4.78 is 19.6. The van der Waals surface area contributed by atoms with Crippen LogP contribution in [0.3, 0.4) is 0 Å². The van der Waals surface area contributed by atoms with Crippen LogP contribution >= 0.6 is 0 Å². The number of hydrogen-bond donors (Lipinski definition) is 0. The molecule has 1 fully saturated rings. The first-order valence-corrected chi connectivity index (χ1v) is 11.7. The zero-order valence-electron chi connectivity index (χ0n) is 19.6. The summed E-state index contributed by atoms with van der Waals surface area (Å²) in [6, 6.07) is 12.7. The Bertz CT molecular complexity index is 1210. The van der Waals surface area contributed by atoms with Gasteiger partial charge in [0.25, 0.3) is 5.69 Å². The first-order chi connectivity index (χ1) is 17.0. The van der Waals surface area contributed by atoms with Gasteiger partial charge in [0.05, 0.1) is 16.2 Å². The van der Waals surface area contributed by atoms with Gasteiger partial charge in [-0.05, 0) is 31.3 Å². The van der Waals surface area contributed by atoms with Gasteiger partial charge in [-0.2, -0.15) is 4.98 Å². The van der Waals surface area contributed by atoms with Gasteiger partial charge >= 0.3 is 0 Å². The van der Waals surface area contributed by atoms with Gasteiger partial charge in [0.2, 0.25) is 11.8 Å². The predicted octanol–water partition coefficient (Wildman–Crippen LogP) is 3.63. The van der Waals surface area contributed by atoms with E-state index in [1.807, 2.05) is 6.07 Å². The minimum Gasteiger partial charge on any atom is -0.438 e. The van der Waals surface area contributed by atoms with Crippen LogP contribution < -0.4 is 9.64 Å². The second kappa shape index (κ2) is 9.93. The molecule has 182 valence electrons. The van der Waals surface area contributed by atoms with Crippen LogP contribution in [0, 0.1) is 15.9 Å². The Morgan fingerprint density at radius 3 is 2.51 bits per heavy atom. The Balaban J connectivity index is 1.45. The van der Waals surface area contributed by atoms with Gasteiger partial charge in [0, 0.05) is 63.9 Å². The molecule has 0 radical (unpaired) electrons. The molecule has 0 N–H and O–H groups in total. The number of hydrogen-bond acceptors (Lipinski definition) is 8. The van der Waals surface area contributed by atoms with E-state index in [-0.39, 0.29) is 16.4 Å². The lowest BCUT2D eigenvalue weighted by atomic mass is 10.0. The first-order valence-electron chi connectivity index (χ1n) is 11.7. The Morgan fingerprint density at radius 2 is 1.77 bits per heavy atom. The van der Waals surface area contributed by atoms with Crippen LogP contribution in [0.4, 0.5) is 16.0 Å². The van der Waals surface area contributed by atoms with E-state index < -0.39 is 0 Å². The van der Waals surface area contributed by atoms with Gasteiger partial charge in [-0.15, -0.1) is 0 Å². The van der Waals surface area contributed by atoms with Crippen LogP contribution in [0.2, 0.25) is 0 Å². The summed E-state index contributed by atoms with van der Waals surface area (Å²) in [5.74, 6) is 1.24. The van der Waals surface area contributed by atoms with Crippen molar-refractivity contribution in [2.45, 2.75) is 19.5 Å². The molecule has 1 saturated heterocycles. The number of anilines is 1. The third-order valence-corrected chi connectivity index (χ3v) is 6.49. The number of aromatic nitrogens is 2. The first kappa shape index (κ1) is 23.1. The molecule has 2 aromatic carbocycles. The molecule has 0 unspecified atom stereocenters. The minimum atomic E-state index is -0.345. The van der Waals surface area contributed by atoms with E-state index in [2.05, 4.69) is 21.7 Å². The molecule has 9 nitrogen and oxygen atoms in total. The lowest BCUT2D eigenvalue weighted by Crippen LogP contribution is -2.45. The number of nitrogens with zero attached hydrogens (tertiary/aromatic N) is 6. The van der Waals surface area contributed by atoms with Gasteiger partial charge in [-0.25, -0.2) is 9.37 Å². The van der Waals surface area contributed by atoms with Crippen LogP contribution in [-0.2, 0) is 19.5 Å². The summed E-state index contributed by atoms with van der Waals surface area (Å²) in [4.78, 5) is 27.4. The number of fused-ring (bicyclic) bond motifs is 1. The quantitative estimate of drug-likeness (QED) is 0.392. The van der Waals surface area contributed by atoms with Crippen molar-refractivity contribution in [3.8, 4) is 11.6 Å². The van der Waals surface area contributed by atoms with E-state index in [0.29, 0.717) is 49.2 Å². The molecule has 5 rings (SSSR count). The normalized spacial score (nSPS) is 16.7. The average Bonchev–Trinajstić information content (AvgIpc) is 2.86. The highest BCUT2D eigenvalue weighted by molar-refractivity contribution is 5.44. The summed E-state index contributed by atoms with van der Waals surface area (Å²) in [7, 11) is 2.10. The van der Waals surface area contributed by atoms with Crippen LogP contribution in [0.1, 0.15) is 16.8 Å². The standard InChI is InChI=1S/C25H27FN6O3/c1-29-12-14-31(15-13-29)25-27-22-10-11-30(16-18-4-2-3-5-23(18)32(33)34)17-21(22)24(28-25)35-20-8-6-19(26)7-9-20/h2-9H,10-17H2,1H3. The second-order valence-corrected chi connectivity index (χ2v) is 8.95. The van der Waals surface area contributed by atoms with Crippen molar-refractivity contribution in [1.82, 2.24) is 19.8 Å². The van der Waals surface area contributed by atoms with Crippen LogP contribution in [0.5, 0.6) is 11.6 Å². The Hall–Kier alpha value is -3.63. The molecule has 3 aromatic rings. The fourth-order valence-electron chi connectivity index (χ4n) is 4.47. The average molecular weight is 479 g/mol. The Kier molecular flexibility index (Phi) is 6.56. The van der Waals surface area contributed by atoms with E-state index in [0.717, 1.165) is 37.4 Å². The monoisotopic (exact) mass is 478 g/mol. The molecule has 0 aliphatic carbocycles. The molecule has 35 heavy (non-hydrogen) atoms. The van der Waals surface area contributed by atoms with Crippen LogP contribution in [0.15, 0.2) is 48.5 Å². The Morgan fingerprint density at radius 1 is 1.03 bits per heavy atom. The van der Waals surface area contributed by atoms with E-state index in [1.165, 1.54) is 18.2 Å². The number of halogens is 1. The molecule has 0 bridgehead atoms. The largest absolute Gasteiger partial charge is 0.438 e. The number of ether oxygens (including phenoxy) is 1. The van der Waals surface area contributed by atoms with E-state index in [9.17, 15) is 14.5 Å². The van der Waals surface area contributed by atoms with Gasteiger partial charge in [0.15, 0.2) is 0 Å². The topological polar surface area (TPSA) is 87.9 Å². The van der Waals surface area contributed by atoms with E-state index in [1.54, 1.807) is 24.3 Å². The maximum Gasteiger partial charge on any atom is 0.273 e. The van der Waals surface area contributed by atoms with Crippen molar-refractivity contribution in [2.75, 3.05) is 44.7 Å². The number of nitro groups is 1. The Labute approximate surface area is 202 Å². The van der Waals surface area contributed by atoms with Gasteiger partial charge in [-0.3, -0.25) is 15.0 Å². The number of piperazine rings is 1. The van der Waals surface area contributed by atoms with Gasteiger partial charge < -0.3 is 14.5 Å². The molecule has 1 aromatic heterocycles. The van der Waals surface area contributed by atoms with Gasteiger partial charge in [-0.1, -0.05) is 18.2 Å². The summed E-state index contributed by atoms with van der Waals surface area (Å²) in [5, 5.41) is 11.5. The maximum atomic E-state index is 13.4. The third kappa shape index (κ3) is 5.23. The highest BCUT2D eigenvalue weighted by Crippen LogP contribution is 2.33. The summed E-state index contributed by atoms with van der Waals surface area (Å²) in [6.07, 6.45) is 0.680. The smallest absolute Gasteiger partial charge is 0.273 e. The zero-order valence-corrected chi connectivity index (χ0v) is 19.6. The lowest BCUT2D eigenvalue weighted by molar-refractivity contribution is -0.385. The van der Waals surface area contributed by atoms with Crippen LogP contribution in [-0.4, -0.2) is 64.5 Å². The highest BCUT2D eigenvalue weighted by Gasteiger charge is 2.27. The molecule has 0 saturated carbocycles. The third-order valence-electron chi connectivity index (χ3n) is 6.49. The number of para-hydroxylation sites is 1. The van der Waals surface area contributed by atoms with Gasteiger partial charge in [0.1, 0.15) is 11.6 Å². The van der Waals surface area contributed by atoms with E-state index in [4.69, 9.17) is 14.7 Å². The van der Waals surface area contributed by atoms with Crippen molar-refractivity contribution in [1.29, 1.82) is 0 Å². The van der Waals surface area contributed by atoms with Crippen molar-refractivity contribution in [3.63, 3.8) is 0 Å². The van der Waals surface area contributed by atoms with Crippen LogP contribution in [0.25, 0.3) is 0 Å². The van der Waals surface area contributed by atoms with Crippen molar-refractivity contribution in [3.05, 3.63) is 81.3 Å². The molecule has 0 atom stereocenters. The fraction of sp³-hybridized carbons (Fsp3) is 0.360. The molecular weight excluding hydrogens is 451 g/mol. The molecule has 3 heterocycles. The molecular formula is C25H27FN6O3. The van der Waals surface area contributed by atoms with Crippen molar-refractivity contribution < 1.29 is 14.1 Å². The maximum absolute atomic E-state index is 13.4. The molecule has 2 aliphatic rings. The molecule has 2 aliphatic heterocycles. The number of benzene rings is 2. The number of likely N-dealkylation sites (N-methyl/N-ethyl adjacent to an activating group) is 1. The SMILES string of the molecule is CN1CCN(c2nc3c(c(Oc4ccc(F)cc4)n2)CN(Cc2ccccc2[N+](=O)[O-])CC3)CC1. The molecule has 0 spiro atoms. The number of rotatable bonds is 6. The summed E-state index contributed by atoms with van der Waals surface area (Å²) in [6.45, 7) is 5.17. The number of nitro benzene ring substituents is 1. The molecule has 0 amide bonds. The zero-order chi connectivity index (χ0) is 24.4. The second-order valence-electron chi connectivity index (χ2n) is 8.95. The van der Waals surface area contributed by atoms with Crippen molar-refractivity contribution in [2.24, 2.45) is 0 Å². The summed E-state index contributed by atoms with van der Waals surface area (Å²) >= 11 is 0. The van der Waals surface area contributed by atoms with Crippen molar-refractivity contribution >= 4 is 11.6 Å². The lowest BCUT2D eigenvalue weighted by Gasteiger charge is -2.34. The summed E-state index contributed by atoms with van der Waals surface area (Å²) in [5.41, 5.74) is 2.56. The van der Waals surface area contributed by atoms with E-state index >= 15 is 0 Å². The predicted molar refractivity (Wildman–Crippen MR) is 129 cm³/mol. The minimum absolute atomic E-state index is 0.114.